The quantitative estimate of drug-likeness (QED) is 0.198. The van der Waals surface area contributed by atoms with Crippen LogP contribution >= 0.6 is 0 Å². The van der Waals surface area contributed by atoms with Crippen molar-refractivity contribution in [2.45, 2.75) is 128 Å². The maximum absolute atomic E-state index is 2.30. The van der Waals surface area contributed by atoms with E-state index in [9.17, 15) is 0 Å². The molecule has 0 aromatic carbocycles. The van der Waals surface area contributed by atoms with E-state index in [1.165, 1.54) is 106 Å². The van der Waals surface area contributed by atoms with Crippen LogP contribution in [0.5, 0.6) is 0 Å². The van der Waals surface area contributed by atoms with Gasteiger partial charge in [-0.1, -0.05) is 128 Å². The second kappa shape index (κ2) is 21.4. The van der Waals surface area contributed by atoms with Gasteiger partial charge in [0.25, 0.3) is 0 Å². The maximum Gasteiger partial charge on any atom is 0.0197 e. The molecule has 0 unspecified atom stereocenters. The molecule has 0 amide bonds. The lowest BCUT2D eigenvalue weighted by molar-refractivity contribution is 0.542. The Bertz CT molecular complexity index is 163. The molecule has 22 heavy (non-hydrogen) atoms. The minimum absolute atomic E-state index is 0.335. The third-order valence-corrected chi connectivity index (χ3v) is 7.66. The third kappa shape index (κ3) is 20.4. The van der Waals surface area contributed by atoms with E-state index >= 15 is 0 Å². The first-order valence-electron chi connectivity index (χ1n) is 10.9. The average Bonchev–Trinajstić information content (AvgIpc) is 2.54. The largest absolute Gasteiger partial charge is 0.0658 e. The predicted molar refractivity (Wildman–Crippen MR) is 112 cm³/mol. The van der Waals surface area contributed by atoms with E-state index in [0.29, 0.717) is 9.52 Å². The molecular formula is C20H46Si2. The molecule has 0 fully saturated rings. The summed E-state index contributed by atoms with van der Waals surface area (Å²) >= 11 is 0. The van der Waals surface area contributed by atoms with Crippen molar-refractivity contribution in [2.75, 3.05) is 0 Å². The van der Waals surface area contributed by atoms with Crippen molar-refractivity contribution in [1.29, 1.82) is 0 Å². The Kier molecular flexibility index (Phi) is 21.9. The van der Waals surface area contributed by atoms with Crippen molar-refractivity contribution in [3.05, 3.63) is 0 Å². The molecule has 0 aromatic heterocycles. The molecule has 0 heterocycles. The number of hydrogen-bond donors (Lipinski definition) is 0. The van der Waals surface area contributed by atoms with E-state index in [-0.39, 0.29) is 0 Å². The molecule has 0 aliphatic heterocycles. The van der Waals surface area contributed by atoms with Gasteiger partial charge in [-0.2, -0.15) is 0 Å². The zero-order valence-corrected chi connectivity index (χ0v) is 19.6. The lowest BCUT2D eigenvalue weighted by Gasteiger charge is -2.03. The molecule has 0 bridgehead atoms. The highest BCUT2D eigenvalue weighted by atomic mass is 28.2. The highest BCUT2D eigenvalue weighted by molar-refractivity contribution is 6.35. The second-order valence-electron chi connectivity index (χ2n) is 7.36. The van der Waals surface area contributed by atoms with E-state index in [0.717, 1.165) is 0 Å². The Balaban J connectivity index is 2.91. The Hall–Kier alpha value is 0.434. The molecule has 0 aliphatic rings. The monoisotopic (exact) mass is 342 g/mol. The highest BCUT2D eigenvalue weighted by Gasteiger charge is 1.95. The van der Waals surface area contributed by atoms with Crippen LogP contribution in [0.2, 0.25) is 18.1 Å². The maximum atomic E-state index is 2.30. The van der Waals surface area contributed by atoms with E-state index in [4.69, 9.17) is 0 Å². The van der Waals surface area contributed by atoms with Gasteiger partial charge in [-0.3, -0.25) is 0 Å². The van der Waals surface area contributed by atoms with Crippen LogP contribution in [-0.2, 0) is 0 Å². The fourth-order valence-electron chi connectivity index (χ4n) is 3.33. The summed E-state index contributed by atoms with van der Waals surface area (Å²) < 4.78 is 0. The van der Waals surface area contributed by atoms with Crippen molar-refractivity contribution in [3.63, 3.8) is 0 Å². The molecule has 0 spiro atoms. The number of rotatable bonds is 19. The van der Waals surface area contributed by atoms with Crippen molar-refractivity contribution >= 4 is 19.8 Å². The zero-order chi connectivity index (χ0) is 16.1. The fourth-order valence-corrected chi connectivity index (χ4v) is 5.60. The molecule has 0 aromatic rings. The third-order valence-electron chi connectivity index (χ3n) is 4.96. The van der Waals surface area contributed by atoms with Crippen LogP contribution in [0.25, 0.3) is 0 Å². The Labute approximate surface area is 147 Å². The summed E-state index contributed by atoms with van der Waals surface area (Å²) in [4.78, 5) is 0. The minimum atomic E-state index is 0.335. The SMILES string of the molecule is CCCCCCCCCCCCCCC[SiH2]CCCCC[SiH3]. The normalized spacial score (nSPS) is 11.9. The molecule has 2 heteroatoms. The van der Waals surface area contributed by atoms with Gasteiger partial charge < -0.3 is 0 Å². The summed E-state index contributed by atoms with van der Waals surface area (Å²) in [5, 5.41) is 0. The Morgan fingerprint density at radius 3 is 1.27 bits per heavy atom. The fraction of sp³-hybridized carbons (Fsp3) is 1.00. The molecular weight excluding hydrogens is 296 g/mol. The summed E-state index contributed by atoms with van der Waals surface area (Å²) in [6, 6.07) is 4.80. The van der Waals surface area contributed by atoms with Crippen molar-refractivity contribution in [3.8, 4) is 0 Å². The van der Waals surface area contributed by atoms with Gasteiger partial charge in [0.15, 0.2) is 0 Å². The second-order valence-corrected chi connectivity index (χ2v) is 10.5. The first-order valence-corrected chi connectivity index (χ1v) is 14.3. The summed E-state index contributed by atoms with van der Waals surface area (Å²) in [5.74, 6) is 0. The zero-order valence-electron chi connectivity index (χ0n) is 16.1. The standard InChI is InChI=1S/C20H46Si2/c1-2-3-4-5-6-7-8-9-10-11-12-13-16-19-22-20-17-14-15-18-21/h2-20,22H2,1,21H3. The van der Waals surface area contributed by atoms with Crippen LogP contribution in [0.1, 0.15) is 110 Å². The van der Waals surface area contributed by atoms with Gasteiger partial charge >= 0.3 is 0 Å². The molecule has 0 nitrogen and oxygen atoms in total. The van der Waals surface area contributed by atoms with Gasteiger partial charge in [0, 0.05) is 19.8 Å². The molecule has 0 saturated carbocycles. The van der Waals surface area contributed by atoms with Crippen LogP contribution in [0, 0.1) is 0 Å². The lowest BCUT2D eigenvalue weighted by atomic mass is 10.1. The summed E-state index contributed by atoms with van der Waals surface area (Å²) in [6.07, 6.45) is 24.0. The van der Waals surface area contributed by atoms with Crippen LogP contribution in [0.3, 0.4) is 0 Å². The van der Waals surface area contributed by atoms with Crippen molar-refractivity contribution in [1.82, 2.24) is 0 Å². The van der Waals surface area contributed by atoms with Crippen LogP contribution in [-0.4, -0.2) is 19.8 Å². The molecule has 0 N–H and O–H groups in total. The van der Waals surface area contributed by atoms with E-state index in [2.05, 4.69) is 6.92 Å². The van der Waals surface area contributed by atoms with E-state index < -0.39 is 0 Å². The molecule has 0 rings (SSSR count). The molecule has 0 saturated heterocycles. The first-order chi connectivity index (χ1) is 10.9. The summed E-state index contributed by atoms with van der Waals surface area (Å²) in [7, 11) is 1.76. The van der Waals surface area contributed by atoms with Gasteiger partial charge in [0.1, 0.15) is 0 Å². The van der Waals surface area contributed by atoms with Crippen LogP contribution in [0.4, 0.5) is 0 Å². The molecule has 134 valence electrons. The topological polar surface area (TPSA) is 0 Å². The smallest absolute Gasteiger partial charge is 0.0197 e. The van der Waals surface area contributed by atoms with Gasteiger partial charge in [-0.05, 0) is 0 Å². The average molecular weight is 343 g/mol. The van der Waals surface area contributed by atoms with Gasteiger partial charge in [0.05, 0.1) is 0 Å². The summed E-state index contributed by atoms with van der Waals surface area (Å²) in [6.45, 7) is 2.30. The van der Waals surface area contributed by atoms with E-state index in [1.807, 2.05) is 0 Å². The molecule has 0 aliphatic carbocycles. The minimum Gasteiger partial charge on any atom is -0.0658 e. The Morgan fingerprint density at radius 2 is 0.864 bits per heavy atom. The van der Waals surface area contributed by atoms with Crippen molar-refractivity contribution < 1.29 is 0 Å². The lowest BCUT2D eigenvalue weighted by Crippen LogP contribution is -1.90. The molecule has 0 radical (unpaired) electrons. The van der Waals surface area contributed by atoms with Gasteiger partial charge in [0.2, 0.25) is 0 Å². The molecule has 0 atom stereocenters. The van der Waals surface area contributed by atoms with Gasteiger partial charge in [-0.15, -0.1) is 0 Å². The van der Waals surface area contributed by atoms with Crippen LogP contribution < -0.4 is 0 Å². The van der Waals surface area contributed by atoms with E-state index in [1.54, 1.807) is 24.9 Å². The van der Waals surface area contributed by atoms with Crippen LogP contribution in [0.15, 0.2) is 0 Å². The first kappa shape index (κ1) is 22.4. The Morgan fingerprint density at radius 1 is 0.500 bits per heavy atom. The summed E-state index contributed by atoms with van der Waals surface area (Å²) in [5.41, 5.74) is 0. The van der Waals surface area contributed by atoms with Gasteiger partial charge in [-0.25, -0.2) is 0 Å². The van der Waals surface area contributed by atoms with Crippen molar-refractivity contribution in [2.24, 2.45) is 0 Å². The highest BCUT2D eigenvalue weighted by Crippen LogP contribution is 2.13. The number of unbranched alkanes of at least 4 members (excludes halogenated alkanes) is 14. The number of hydrogen-bond acceptors (Lipinski definition) is 0. The predicted octanol–water partition coefficient (Wildman–Crippen LogP) is 6.04.